The summed E-state index contributed by atoms with van der Waals surface area (Å²) in [5, 5.41) is 10.5. The first-order valence-corrected chi connectivity index (χ1v) is 9.45. The summed E-state index contributed by atoms with van der Waals surface area (Å²) in [6, 6.07) is 11.9. The third-order valence-corrected chi connectivity index (χ3v) is 4.23. The van der Waals surface area contributed by atoms with Crippen LogP contribution in [0.2, 0.25) is 0 Å². The fraction of sp³-hybridized carbons (Fsp3) is 0.273. The Morgan fingerprint density at radius 2 is 1.78 bits per heavy atom. The Labute approximate surface area is 183 Å². The van der Waals surface area contributed by atoms with E-state index in [1.165, 1.54) is 33.2 Å². The molecule has 0 saturated carbocycles. The highest BCUT2D eigenvalue weighted by molar-refractivity contribution is 6.49. The summed E-state index contributed by atoms with van der Waals surface area (Å²) < 4.78 is 38.8. The van der Waals surface area contributed by atoms with Crippen molar-refractivity contribution in [3.05, 3.63) is 70.8 Å². The van der Waals surface area contributed by atoms with Crippen molar-refractivity contribution < 1.29 is 27.6 Å². The predicted octanol–water partition coefficient (Wildman–Crippen LogP) is 4.16. The van der Waals surface area contributed by atoms with Gasteiger partial charge in [-0.2, -0.15) is 13.2 Å². The number of benzene rings is 2. The van der Waals surface area contributed by atoms with Crippen molar-refractivity contribution in [3.63, 3.8) is 0 Å². The molecular weight excluding hydrogens is 425 g/mol. The molecule has 0 aromatic heterocycles. The van der Waals surface area contributed by atoms with Gasteiger partial charge in [0, 0.05) is 25.1 Å². The molecule has 0 unspecified atom stereocenters. The summed E-state index contributed by atoms with van der Waals surface area (Å²) in [4.78, 5) is 25.9. The summed E-state index contributed by atoms with van der Waals surface area (Å²) in [5.74, 6) is -0.125. The molecule has 1 N–H and O–H groups in total. The van der Waals surface area contributed by atoms with Crippen LogP contribution in [0, 0.1) is 0 Å². The number of nitrogens with one attached hydrogen (secondary N) is 1. The van der Waals surface area contributed by atoms with E-state index in [1.807, 2.05) is 0 Å². The number of carbonyl (C=O) groups is 1. The SMILES string of the molecule is CN=C(NC(C)=O)/C(=N/OC)c1ccccc1CO/N=C(\C)c1cccc(C(F)(F)F)c1. The second-order valence-electron chi connectivity index (χ2n) is 6.56. The minimum Gasteiger partial charge on any atom is -0.399 e. The Kier molecular flexibility index (Phi) is 8.51. The van der Waals surface area contributed by atoms with E-state index in [0.29, 0.717) is 16.7 Å². The van der Waals surface area contributed by atoms with Crippen LogP contribution in [0.5, 0.6) is 0 Å². The molecule has 0 heterocycles. The molecule has 2 rings (SSSR count). The molecule has 32 heavy (non-hydrogen) atoms. The standard InChI is InChI=1S/C22H23F3N4O3/c1-14(16-9-7-10-18(12-16)22(23,24)25)28-32-13-17-8-5-6-11-19(17)20(29-31-4)21(26-3)27-15(2)30/h5-12H,13H2,1-4H3,(H,26,27,30)/b28-14+,29-20+. The van der Waals surface area contributed by atoms with Crippen molar-refractivity contribution in [1.29, 1.82) is 0 Å². The van der Waals surface area contributed by atoms with Crippen molar-refractivity contribution in [2.24, 2.45) is 15.3 Å². The van der Waals surface area contributed by atoms with Gasteiger partial charge in [0.2, 0.25) is 5.91 Å². The molecule has 0 aliphatic carbocycles. The van der Waals surface area contributed by atoms with Crippen LogP contribution in [-0.4, -0.2) is 37.3 Å². The zero-order valence-electron chi connectivity index (χ0n) is 18.0. The van der Waals surface area contributed by atoms with E-state index in [4.69, 9.17) is 9.68 Å². The van der Waals surface area contributed by atoms with Crippen molar-refractivity contribution >= 4 is 23.2 Å². The van der Waals surface area contributed by atoms with Gasteiger partial charge in [-0.05, 0) is 24.6 Å². The molecule has 0 atom stereocenters. The third-order valence-electron chi connectivity index (χ3n) is 4.23. The number of halogens is 3. The Morgan fingerprint density at radius 3 is 2.41 bits per heavy atom. The quantitative estimate of drug-likeness (QED) is 0.392. The molecule has 7 nitrogen and oxygen atoms in total. The number of rotatable bonds is 7. The van der Waals surface area contributed by atoms with Crippen molar-refractivity contribution in [3.8, 4) is 0 Å². The largest absolute Gasteiger partial charge is 0.416 e. The highest BCUT2D eigenvalue weighted by Crippen LogP contribution is 2.29. The molecule has 0 radical (unpaired) electrons. The molecule has 0 spiro atoms. The molecule has 2 aromatic carbocycles. The summed E-state index contributed by atoms with van der Waals surface area (Å²) in [6.45, 7) is 2.89. The summed E-state index contributed by atoms with van der Waals surface area (Å²) in [5.41, 5.74) is 1.32. The average Bonchev–Trinajstić information content (AvgIpc) is 2.76. The summed E-state index contributed by atoms with van der Waals surface area (Å²) in [7, 11) is 2.86. The lowest BCUT2D eigenvalue weighted by Crippen LogP contribution is -2.36. The molecule has 0 bridgehead atoms. The first-order chi connectivity index (χ1) is 15.2. The highest BCUT2D eigenvalue weighted by atomic mass is 19.4. The van der Waals surface area contributed by atoms with E-state index in [-0.39, 0.29) is 29.8 Å². The number of amides is 1. The number of carbonyl (C=O) groups excluding carboxylic acids is 1. The first-order valence-electron chi connectivity index (χ1n) is 9.45. The molecular formula is C22H23F3N4O3. The summed E-state index contributed by atoms with van der Waals surface area (Å²) in [6.07, 6.45) is -4.44. The zero-order valence-corrected chi connectivity index (χ0v) is 18.0. The number of nitrogens with zero attached hydrogens (tertiary/aromatic N) is 3. The maximum Gasteiger partial charge on any atom is 0.416 e. The van der Waals surface area contributed by atoms with Crippen LogP contribution in [-0.2, 0) is 27.3 Å². The van der Waals surface area contributed by atoms with Gasteiger partial charge in [-0.15, -0.1) is 0 Å². The molecule has 0 saturated heterocycles. The maximum absolute atomic E-state index is 12.9. The fourth-order valence-electron chi connectivity index (χ4n) is 2.75. The molecule has 170 valence electrons. The van der Waals surface area contributed by atoms with E-state index in [9.17, 15) is 18.0 Å². The van der Waals surface area contributed by atoms with Gasteiger partial charge >= 0.3 is 6.18 Å². The van der Waals surface area contributed by atoms with Crippen LogP contribution in [0.15, 0.2) is 63.8 Å². The van der Waals surface area contributed by atoms with Gasteiger partial charge in [0.05, 0.1) is 11.3 Å². The lowest BCUT2D eigenvalue weighted by Gasteiger charge is -2.13. The van der Waals surface area contributed by atoms with Crippen LogP contribution in [0.4, 0.5) is 13.2 Å². The maximum atomic E-state index is 12.9. The van der Waals surface area contributed by atoms with Crippen molar-refractivity contribution in [1.82, 2.24) is 5.32 Å². The van der Waals surface area contributed by atoms with Gasteiger partial charge in [-0.3, -0.25) is 9.79 Å². The monoisotopic (exact) mass is 448 g/mol. The van der Waals surface area contributed by atoms with E-state index in [0.717, 1.165) is 12.1 Å². The Bertz CT molecular complexity index is 1050. The van der Waals surface area contributed by atoms with Crippen LogP contribution in [0.1, 0.15) is 36.1 Å². The first kappa shape index (κ1) is 24.6. The van der Waals surface area contributed by atoms with Gasteiger partial charge < -0.3 is 15.0 Å². The topological polar surface area (TPSA) is 84.6 Å². The van der Waals surface area contributed by atoms with E-state index < -0.39 is 11.7 Å². The molecule has 10 heteroatoms. The zero-order chi connectivity index (χ0) is 23.7. The van der Waals surface area contributed by atoms with Crippen LogP contribution < -0.4 is 5.32 Å². The van der Waals surface area contributed by atoms with E-state index in [1.54, 1.807) is 31.2 Å². The van der Waals surface area contributed by atoms with Gasteiger partial charge in [-0.1, -0.05) is 46.7 Å². The molecule has 0 aliphatic heterocycles. The number of aliphatic imine (C=N–C) groups is 1. The van der Waals surface area contributed by atoms with Crippen LogP contribution in [0.3, 0.4) is 0 Å². The molecule has 0 aliphatic rings. The average molecular weight is 448 g/mol. The van der Waals surface area contributed by atoms with E-state index >= 15 is 0 Å². The summed E-state index contributed by atoms with van der Waals surface area (Å²) >= 11 is 0. The minimum atomic E-state index is -4.44. The molecule has 0 fully saturated rings. The second kappa shape index (κ2) is 11.1. The smallest absolute Gasteiger partial charge is 0.399 e. The Balaban J connectivity index is 2.27. The minimum absolute atomic E-state index is 0.00766. The Morgan fingerprint density at radius 1 is 1.06 bits per heavy atom. The van der Waals surface area contributed by atoms with Gasteiger partial charge in [0.1, 0.15) is 13.7 Å². The van der Waals surface area contributed by atoms with Gasteiger partial charge in [0.15, 0.2) is 11.5 Å². The third kappa shape index (κ3) is 6.66. The van der Waals surface area contributed by atoms with E-state index in [2.05, 4.69) is 20.6 Å². The second-order valence-corrected chi connectivity index (χ2v) is 6.56. The molecule has 2 aromatic rings. The number of oxime groups is 2. The lowest BCUT2D eigenvalue weighted by atomic mass is 10.0. The molecule has 1 amide bonds. The highest BCUT2D eigenvalue weighted by Gasteiger charge is 2.30. The number of hydrogen-bond acceptors (Lipinski definition) is 6. The van der Waals surface area contributed by atoms with Crippen LogP contribution in [0.25, 0.3) is 0 Å². The number of amidine groups is 1. The number of hydrogen-bond donors (Lipinski definition) is 1. The fourth-order valence-corrected chi connectivity index (χ4v) is 2.75. The predicted molar refractivity (Wildman–Crippen MR) is 116 cm³/mol. The van der Waals surface area contributed by atoms with Crippen LogP contribution >= 0.6 is 0 Å². The van der Waals surface area contributed by atoms with Gasteiger partial charge in [0.25, 0.3) is 0 Å². The lowest BCUT2D eigenvalue weighted by molar-refractivity contribution is -0.137. The van der Waals surface area contributed by atoms with Gasteiger partial charge in [-0.25, -0.2) is 0 Å². The van der Waals surface area contributed by atoms with Crippen molar-refractivity contribution in [2.45, 2.75) is 26.6 Å². The number of alkyl halides is 3. The normalized spacial score (nSPS) is 13.0. The van der Waals surface area contributed by atoms with Crippen molar-refractivity contribution in [2.75, 3.05) is 14.2 Å². The Hall–Kier alpha value is -3.69.